The van der Waals surface area contributed by atoms with Gasteiger partial charge in [0.15, 0.2) is 11.7 Å². The van der Waals surface area contributed by atoms with Gasteiger partial charge in [0.25, 0.3) is 0 Å². The van der Waals surface area contributed by atoms with Crippen LogP contribution < -0.4 is 0 Å². The van der Waals surface area contributed by atoms with E-state index in [1.807, 2.05) is 13.8 Å². The SMILES string of the molecule is CCCCCCCCCCCC1=N[C@H]2[C@@H](O1)O[C@H]([C@H]1COC(C)(C)O1)[C@@H]2O. The van der Waals surface area contributed by atoms with Crippen molar-refractivity contribution in [3.63, 3.8) is 0 Å². The van der Waals surface area contributed by atoms with Crippen LogP contribution in [0, 0.1) is 0 Å². The van der Waals surface area contributed by atoms with Crippen LogP contribution in [0.1, 0.15) is 85.0 Å². The van der Waals surface area contributed by atoms with E-state index in [9.17, 15) is 5.11 Å². The predicted molar refractivity (Wildman–Crippen MR) is 104 cm³/mol. The molecule has 0 aliphatic carbocycles. The molecule has 0 bridgehead atoms. The largest absolute Gasteiger partial charge is 0.450 e. The van der Waals surface area contributed by atoms with E-state index in [-0.39, 0.29) is 12.1 Å². The Morgan fingerprint density at radius 1 is 1.04 bits per heavy atom. The maximum Gasteiger partial charge on any atom is 0.227 e. The summed E-state index contributed by atoms with van der Waals surface area (Å²) in [6.07, 6.45) is 10.6. The van der Waals surface area contributed by atoms with Crippen LogP contribution in [0.5, 0.6) is 0 Å². The Morgan fingerprint density at radius 2 is 1.70 bits per heavy atom. The molecular weight excluding hydrogens is 346 g/mol. The minimum absolute atomic E-state index is 0.278. The van der Waals surface area contributed by atoms with Crippen molar-refractivity contribution in [1.29, 1.82) is 0 Å². The van der Waals surface area contributed by atoms with E-state index in [1.54, 1.807) is 0 Å². The molecule has 3 aliphatic rings. The Hall–Kier alpha value is -0.690. The summed E-state index contributed by atoms with van der Waals surface area (Å²) in [5, 5.41) is 10.6. The molecule has 3 heterocycles. The number of rotatable bonds is 11. The minimum Gasteiger partial charge on any atom is -0.450 e. The Kier molecular flexibility index (Phi) is 7.54. The molecule has 0 unspecified atom stereocenters. The summed E-state index contributed by atoms with van der Waals surface area (Å²) in [5.74, 6) is 0.103. The fourth-order valence-corrected chi connectivity index (χ4v) is 4.13. The summed E-state index contributed by atoms with van der Waals surface area (Å²) >= 11 is 0. The minimum atomic E-state index is -0.710. The first kappa shape index (κ1) is 21.0. The van der Waals surface area contributed by atoms with Gasteiger partial charge in [-0.2, -0.15) is 0 Å². The van der Waals surface area contributed by atoms with E-state index in [0.29, 0.717) is 6.61 Å². The lowest BCUT2D eigenvalue weighted by molar-refractivity contribution is -0.172. The monoisotopic (exact) mass is 383 g/mol. The van der Waals surface area contributed by atoms with Crippen LogP contribution in [-0.4, -0.2) is 54.0 Å². The Bertz CT molecular complexity index is 495. The van der Waals surface area contributed by atoms with Gasteiger partial charge in [0.05, 0.1) is 6.61 Å². The number of aliphatic hydroxyl groups excluding tert-OH is 1. The van der Waals surface area contributed by atoms with Gasteiger partial charge in [-0.15, -0.1) is 0 Å². The van der Waals surface area contributed by atoms with Crippen LogP contribution in [0.2, 0.25) is 0 Å². The average molecular weight is 384 g/mol. The Morgan fingerprint density at radius 3 is 2.30 bits per heavy atom. The van der Waals surface area contributed by atoms with E-state index >= 15 is 0 Å². The standard InChI is InChI=1S/C21H37NO5/c1-4-5-6-7-8-9-10-11-12-13-16-22-17-18(23)19(26-20(17)25-16)15-14-24-21(2,3)27-15/h15,17-20,23H,4-14H2,1-3H3/t15-,17-,18-,19-,20+/m1/s1. The molecular formula is C21H37NO5. The normalized spacial score (nSPS) is 34.5. The molecule has 0 radical (unpaired) electrons. The number of ether oxygens (including phenoxy) is 4. The highest BCUT2D eigenvalue weighted by Crippen LogP contribution is 2.36. The molecule has 0 saturated carbocycles. The molecule has 6 heteroatoms. The third-order valence-electron chi connectivity index (χ3n) is 5.69. The molecule has 3 rings (SSSR count). The fourth-order valence-electron chi connectivity index (χ4n) is 4.13. The molecule has 156 valence electrons. The highest BCUT2D eigenvalue weighted by Gasteiger charge is 2.54. The highest BCUT2D eigenvalue weighted by molar-refractivity contribution is 5.78. The lowest BCUT2D eigenvalue weighted by Gasteiger charge is -2.23. The molecule has 2 saturated heterocycles. The lowest BCUT2D eigenvalue weighted by atomic mass is 10.1. The second kappa shape index (κ2) is 9.68. The Labute approximate surface area is 163 Å². The second-order valence-electron chi connectivity index (χ2n) is 8.54. The third-order valence-corrected chi connectivity index (χ3v) is 5.69. The van der Waals surface area contributed by atoms with Gasteiger partial charge >= 0.3 is 0 Å². The molecule has 27 heavy (non-hydrogen) atoms. The molecule has 5 atom stereocenters. The van der Waals surface area contributed by atoms with Gasteiger partial charge in [-0.25, -0.2) is 4.99 Å². The smallest absolute Gasteiger partial charge is 0.227 e. The van der Waals surface area contributed by atoms with E-state index in [1.165, 1.54) is 51.4 Å². The zero-order valence-corrected chi connectivity index (χ0v) is 17.2. The van der Waals surface area contributed by atoms with Crippen molar-refractivity contribution in [2.75, 3.05) is 6.61 Å². The first-order chi connectivity index (χ1) is 13.0. The van der Waals surface area contributed by atoms with Crippen molar-refractivity contribution in [2.24, 2.45) is 4.99 Å². The summed E-state index contributed by atoms with van der Waals surface area (Å²) in [7, 11) is 0. The summed E-state index contributed by atoms with van der Waals surface area (Å²) in [4.78, 5) is 4.58. The van der Waals surface area contributed by atoms with Crippen molar-refractivity contribution in [2.45, 2.75) is 121 Å². The number of nitrogens with zero attached hydrogens (tertiary/aromatic N) is 1. The third kappa shape index (κ3) is 5.66. The predicted octanol–water partition coefficient (Wildman–Crippen LogP) is 3.94. The maximum absolute atomic E-state index is 10.6. The van der Waals surface area contributed by atoms with Crippen molar-refractivity contribution in [3.8, 4) is 0 Å². The van der Waals surface area contributed by atoms with Crippen LogP contribution in [-0.2, 0) is 18.9 Å². The van der Waals surface area contributed by atoms with Gasteiger partial charge in [-0.3, -0.25) is 0 Å². The summed E-state index contributed by atoms with van der Waals surface area (Å²) < 4.78 is 23.1. The van der Waals surface area contributed by atoms with Gasteiger partial charge in [0, 0.05) is 6.42 Å². The summed E-state index contributed by atoms with van der Waals surface area (Å²) in [5.41, 5.74) is 0. The van der Waals surface area contributed by atoms with Crippen LogP contribution in [0.3, 0.4) is 0 Å². The molecule has 0 aromatic rings. The number of hydrogen-bond donors (Lipinski definition) is 1. The van der Waals surface area contributed by atoms with Crippen LogP contribution in [0.15, 0.2) is 4.99 Å². The number of hydrogen-bond acceptors (Lipinski definition) is 6. The van der Waals surface area contributed by atoms with Crippen molar-refractivity contribution < 1.29 is 24.1 Å². The zero-order chi connectivity index (χ0) is 19.3. The lowest BCUT2D eigenvalue weighted by Crippen LogP contribution is -2.40. The number of aliphatic imine (C=N–C) groups is 1. The van der Waals surface area contributed by atoms with Crippen molar-refractivity contribution in [3.05, 3.63) is 0 Å². The van der Waals surface area contributed by atoms with E-state index in [0.717, 1.165) is 18.7 Å². The van der Waals surface area contributed by atoms with Crippen molar-refractivity contribution in [1.82, 2.24) is 0 Å². The summed E-state index contributed by atoms with van der Waals surface area (Å²) in [6, 6.07) is -0.337. The zero-order valence-electron chi connectivity index (χ0n) is 17.2. The quantitative estimate of drug-likeness (QED) is 0.547. The van der Waals surface area contributed by atoms with E-state index < -0.39 is 24.3 Å². The molecule has 0 aromatic heterocycles. The number of fused-ring (bicyclic) bond motifs is 1. The number of aliphatic hydroxyl groups is 1. The topological polar surface area (TPSA) is 69.5 Å². The molecule has 3 aliphatic heterocycles. The molecule has 6 nitrogen and oxygen atoms in total. The fraction of sp³-hybridized carbons (Fsp3) is 0.952. The maximum atomic E-state index is 10.6. The molecule has 0 aromatic carbocycles. The molecule has 0 spiro atoms. The first-order valence-electron chi connectivity index (χ1n) is 10.9. The van der Waals surface area contributed by atoms with Crippen LogP contribution >= 0.6 is 0 Å². The van der Waals surface area contributed by atoms with Crippen molar-refractivity contribution >= 4 is 5.90 Å². The summed E-state index contributed by atoms with van der Waals surface area (Å²) in [6.45, 7) is 6.41. The Balaban J connectivity index is 1.32. The number of unbranched alkanes of at least 4 members (excludes halogenated alkanes) is 8. The van der Waals surface area contributed by atoms with Gasteiger partial charge in [0.1, 0.15) is 24.4 Å². The first-order valence-corrected chi connectivity index (χ1v) is 10.9. The second-order valence-corrected chi connectivity index (χ2v) is 8.54. The van der Waals surface area contributed by atoms with E-state index in [2.05, 4.69) is 11.9 Å². The highest BCUT2D eigenvalue weighted by atomic mass is 16.8. The molecule has 1 N–H and O–H groups in total. The van der Waals surface area contributed by atoms with Gasteiger partial charge in [-0.1, -0.05) is 58.3 Å². The van der Waals surface area contributed by atoms with Crippen LogP contribution in [0.4, 0.5) is 0 Å². The molecule has 0 amide bonds. The van der Waals surface area contributed by atoms with Gasteiger partial charge in [0.2, 0.25) is 6.29 Å². The molecule has 2 fully saturated rings. The van der Waals surface area contributed by atoms with Gasteiger partial charge in [-0.05, 0) is 20.3 Å². The van der Waals surface area contributed by atoms with Gasteiger partial charge < -0.3 is 24.1 Å². The van der Waals surface area contributed by atoms with E-state index in [4.69, 9.17) is 18.9 Å². The van der Waals surface area contributed by atoms with Crippen LogP contribution in [0.25, 0.3) is 0 Å². The average Bonchev–Trinajstić information content (AvgIpc) is 3.27.